The van der Waals surface area contributed by atoms with E-state index in [1.54, 1.807) is 6.07 Å². The van der Waals surface area contributed by atoms with Gasteiger partial charge < -0.3 is 13.7 Å². The van der Waals surface area contributed by atoms with E-state index < -0.39 is 5.63 Å². The van der Waals surface area contributed by atoms with Crippen LogP contribution in [0.25, 0.3) is 33.1 Å². The first-order valence-corrected chi connectivity index (χ1v) is 10.4. The van der Waals surface area contributed by atoms with Crippen molar-refractivity contribution in [2.75, 3.05) is 13.1 Å². The maximum absolute atomic E-state index is 12.7. The average Bonchev–Trinajstić information content (AvgIpc) is 3.38. The Balaban J connectivity index is 1.67. The van der Waals surface area contributed by atoms with Crippen molar-refractivity contribution in [3.05, 3.63) is 69.8 Å². The van der Waals surface area contributed by atoms with Crippen LogP contribution < -0.4 is 5.63 Å². The van der Waals surface area contributed by atoms with Gasteiger partial charge >= 0.3 is 5.63 Å². The number of benzene rings is 2. The van der Waals surface area contributed by atoms with E-state index in [0.29, 0.717) is 16.7 Å². The molecular formula is C25H23NO4. The lowest BCUT2D eigenvalue weighted by atomic mass is 9.98. The van der Waals surface area contributed by atoms with Crippen molar-refractivity contribution < 1.29 is 13.6 Å². The van der Waals surface area contributed by atoms with Crippen molar-refractivity contribution in [3.8, 4) is 11.1 Å². The van der Waals surface area contributed by atoms with Crippen LogP contribution in [0.3, 0.4) is 0 Å². The first-order chi connectivity index (χ1) is 14.5. The van der Waals surface area contributed by atoms with Crippen molar-refractivity contribution in [1.29, 1.82) is 0 Å². The molecule has 5 rings (SSSR count). The van der Waals surface area contributed by atoms with Gasteiger partial charge in [0.15, 0.2) is 0 Å². The van der Waals surface area contributed by atoms with Gasteiger partial charge in [-0.25, -0.2) is 4.79 Å². The highest BCUT2D eigenvalue weighted by atomic mass is 16.4. The van der Waals surface area contributed by atoms with Gasteiger partial charge in [-0.15, -0.1) is 0 Å². The average molecular weight is 401 g/mol. The molecule has 0 bridgehead atoms. The summed E-state index contributed by atoms with van der Waals surface area (Å²) in [5.74, 6) is 0.809. The van der Waals surface area contributed by atoms with Gasteiger partial charge in [0, 0.05) is 35.5 Å². The normalized spacial score (nSPS) is 14.1. The number of amides is 1. The Labute approximate surface area is 173 Å². The third-order valence-electron chi connectivity index (χ3n) is 6.12. The third-order valence-corrected chi connectivity index (χ3v) is 6.12. The standard InChI is InChI=1S/C25H23NO4/c1-15-18-12-20-22(29-16(2)24(20)17-8-4-3-5-9-17)14-21(18)30-25(28)19(15)13-23(27)26-10-6-7-11-26/h3-5,8-9,12,14H,6-7,10-11,13H2,1-2H3. The molecule has 1 aliphatic rings. The first kappa shape index (κ1) is 18.7. The summed E-state index contributed by atoms with van der Waals surface area (Å²) in [6.45, 7) is 5.38. The quantitative estimate of drug-likeness (QED) is 0.454. The molecule has 2 aromatic heterocycles. The maximum Gasteiger partial charge on any atom is 0.340 e. The minimum absolute atomic E-state index is 0.00698. The minimum Gasteiger partial charge on any atom is -0.461 e. The number of aryl methyl sites for hydroxylation is 2. The molecule has 0 spiro atoms. The number of furan rings is 1. The number of carbonyl (C=O) groups is 1. The molecule has 5 heteroatoms. The molecule has 1 fully saturated rings. The van der Waals surface area contributed by atoms with Gasteiger partial charge in [-0.1, -0.05) is 30.3 Å². The Kier molecular flexibility index (Phi) is 4.46. The minimum atomic E-state index is -0.446. The zero-order valence-corrected chi connectivity index (χ0v) is 17.2. The summed E-state index contributed by atoms with van der Waals surface area (Å²) in [7, 11) is 0. The second kappa shape index (κ2) is 7.17. The number of nitrogens with zero attached hydrogens (tertiary/aromatic N) is 1. The van der Waals surface area contributed by atoms with Crippen LogP contribution in [0.4, 0.5) is 0 Å². The monoisotopic (exact) mass is 401 g/mol. The molecular weight excluding hydrogens is 378 g/mol. The van der Waals surface area contributed by atoms with E-state index in [1.165, 1.54) is 0 Å². The summed E-state index contributed by atoms with van der Waals surface area (Å²) < 4.78 is 11.6. The van der Waals surface area contributed by atoms with Crippen LogP contribution in [0.1, 0.15) is 29.7 Å². The number of hydrogen-bond acceptors (Lipinski definition) is 4. The van der Waals surface area contributed by atoms with E-state index in [4.69, 9.17) is 8.83 Å². The molecule has 2 aromatic carbocycles. The van der Waals surface area contributed by atoms with Crippen molar-refractivity contribution in [3.63, 3.8) is 0 Å². The zero-order chi connectivity index (χ0) is 20.8. The Morgan fingerprint density at radius 2 is 1.67 bits per heavy atom. The van der Waals surface area contributed by atoms with E-state index in [2.05, 4.69) is 12.1 Å². The van der Waals surface area contributed by atoms with Crippen molar-refractivity contribution >= 4 is 27.8 Å². The Bertz CT molecular complexity index is 1320. The van der Waals surface area contributed by atoms with Crippen LogP contribution in [-0.2, 0) is 11.2 Å². The van der Waals surface area contributed by atoms with Crippen molar-refractivity contribution in [2.45, 2.75) is 33.1 Å². The fourth-order valence-corrected chi connectivity index (χ4v) is 4.50. The van der Waals surface area contributed by atoms with Gasteiger partial charge in [0.1, 0.15) is 16.9 Å². The summed E-state index contributed by atoms with van der Waals surface area (Å²) in [6, 6.07) is 13.9. The van der Waals surface area contributed by atoms with E-state index in [-0.39, 0.29) is 12.3 Å². The van der Waals surface area contributed by atoms with E-state index in [1.807, 2.05) is 43.0 Å². The first-order valence-electron chi connectivity index (χ1n) is 10.4. The van der Waals surface area contributed by atoms with Crippen LogP contribution in [-0.4, -0.2) is 23.9 Å². The van der Waals surface area contributed by atoms with Gasteiger partial charge in [-0.05, 0) is 43.9 Å². The van der Waals surface area contributed by atoms with Crippen LogP contribution >= 0.6 is 0 Å². The molecule has 5 nitrogen and oxygen atoms in total. The van der Waals surface area contributed by atoms with Crippen LogP contribution in [0.15, 0.2) is 56.1 Å². The van der Waals surface area contributed by atoms with Crippen molar-refractivity contribution in [1.82, 2.24) is 4.90 Å². The Morgan fingerprint density at radius 3 is 2.40 bits per heavy atom. The lowest BCUT2D eigenvalue weighted by Crippen LogP contribution is -2.31. The number of likely N-dealkylation sites (tertiary alicyclic amines) is 1. The molecule has 0 atom stereocenters. The molecule has 152 valence electrons. The van der Waals surface area contributed by atoms with Crippen LogP contribution in [0.5, 0.6) is 0 Å². The maximum atomic E-state index is 12.7. The van der Waals surface area contributed by atoms with E-state index >= 15 is 0 Å². The molecule has 0 N–H and O–H groups in total. The van der Waals surface area contributed by atoms with Gasteiger partial charge in [0.05, 0.1) is 12.0 Å². The fourth-order valence-electron chi connectivity index (χ4n) is 4.50. The van der Waals surface area contributed by atoms with E-state index in [0.717, 1.165) is 59.2 Å². The SMILES string of the molecule is Cc1oc2cc3oc(=O)c(CC(=O)N4CCCC4)c(C)c3cc2c1-c1ccccc1. The van der Waals surface area contributed by atoms with Gasteiger partial charge in [0.2, 0.25) is 5.91 Å². The van der Waals surface area contributed by atoms with Crippen LogP contribution in [0, 0.1) is 13.8 Å². The largest absolute Gasteiger partial charge is 0.461 e. The molecule has 30 heavy (non-hydrogen) atoms. The third kappa shape index (κ3) is 3.02. The summed E-state index contributed by atoms with van der Waals surface area (Å²) in [5, 5.41) is 1.81. The van der Waals surface area contributed by atoms with E-state index in [9.17, 15) is 9.59 Å². The number of hydrogen-bond donors (Lipinski definition) is 0. The number of rotatable bonds is 3. The molecule has 1 aliphatic heterocycles. The summed E-state index contributed by atoms with van der Waals surface area (Å²) >= 11 is 0. The molecule has 3 heterocycles. The molecule has 1 amide bonds. The molecule has 0 saturated carbocycles. The zero-order valence-electron chi connectivity index (χ0n) is 17.2. The molecule has 0 unspecified atom stereocenters. The topological polar surface area (TPSA) is 63.7 Å². The predicted octanol–water partition coefficient (Wildman–Crippen LogP) is 4.99. The highest BCUT2D eigenvalue weighted by Gasteiger charge is 2.23. The lowest BCUT2D eigenvalue weighted by molar-refractivity contribution is -0.129. The lowest BCUT2D eigenvalue weighted by Gasteiger charge is -2.15. The Morgan fingerprint density at radius 1 is 0.967 bits per heavy atom. The molecule has 4 aromatic rings. The van der Waals surface area contributed by atoms with Gasteiger partial charge in [-0.2, -0.15) is 0 Å². The number of fused-ring (bicyclic) bond motifs is 2. The summed E-state index contributed by atoms with van der Waals surface area (Å²) in [5.41, 5.74) is 4.07. The highest BCUT2D eigenvalue weighted by Crippen LogP contribution is 2.37. The molecule has 0 aliphatic carbocycles. The highest BCUT2D eigenvalue weighted by molar-refractivity contribution is 6.03. The molecule has 0 radical (unpaired) electrons. The predicted molar refractivity (Wildman–Crippen MR) is 117 cm³/mol. The van der Waals surface area contributed by atoms with Crippen molar-refractivity contribution in [2.24, 2.45) is 0 Å². The second-order valence-electron chi connectivity index (χ2n) is 8.00. The fraction of sp³-hybridized carbons (Fsp3) is 0.280. The van der Waals surface area contributed by atoms with Gasteiger partial charge in [-0.3, -0.25) is 4.79 Å². The Hall–Kier alpha value is -3.34. The number of carbonyl (C=O) groups excluding carboxylic acids is 1. The molecule has 1 saturated heterocycles. The second-order valence-corrected chi connectivity index (χ2v) is 8.00. The summed E-state index contributed by atoms with van der Waals surface area (Å²) in [4.78, 5) is 27.1. The van der Waals surface area contributed by atoms with Gasteiger partial charge in [0.25, 0.3) is 0 Å². The summed E-state index contributed by atoms with van der Waals surface area (Å²) in [6.07, 6.45) is 2.13. The smallest absolute Gasteiger partial charge is 0.340 e. The van der Waals surface area contributed by atoms with Crippen LogP contribution in [0.2, 0.25) is 0 Å².